The van der Waals surface area contributed by atoms with E-state index in [1.54, 1.807) is 7.11 Å². The van der Waals surface area contributed by atoms with Crippen molar-refractivity contribution >= 4 is 11.8 Å². The van der Waals surface area contributed by atoms with Crippen LogP contribution < -0.4 is 0 Å². The molecule has 0 aliphatic carbocycles. The highest BCUT2D eigenvalue weighted by Crippen LogP contribution is 2.17. The van der Waals surface area contributed by atoms with E-state index < -0.39 is 0 Å². The molecule has 0 aromatic rings. The van der Waals surface area contributed by atoms with Crippen molar-refractivity contribution in [3.63, 3.8) is 0 Å². The summed E-state index contributed by atoms with van der Waals surface area (Å²) < 4.78 is 11.1. The van der Waals surface area contributed by atoms with Crippen molar-refractivity contribution in [1.82, 2.24) is 14.7 Å². The van der Waals surface area contributed by atoms with Crippen LogP contribution in [0.5, 0.6) is 0 Å². The van der Waals surface area contributed by atoms with E-state index in [0.717, 1.165) is 90.9 Å². The van der Waals surface area contributed by atoms with Gasteiger partial charge in [-0.25, -0.2) is 0 Å². The largest absolute Gasteiger partial charge is 0.382 e. The van der Waals surface area contributed by atoms with Crippen LogP contribution >= 0.6 is 0 Å². The van der Waals surface area contributed by atoms with Crippen LogP contribution in [-0.4, -0.2) is 99.3 Å². The predicted molar refractivity (Wildman–Crippen MR) is 298 cm³/mol. The van der Waals surface area contributed by atoms with Crippen LogP contribution in [0, 0.1) is 0 Å². The number of hydrogen-bond donors (Lipinski definition) is 0. The molecule has 0 heterocycles. The molecular formula is C61H123N3O4. The number of methoxy groups -OCH3 is 1. The summed E-state index contributed by atoms with van der Waals surface area (Å²) in [5, 5.41) is 0. The zero-order chi connectivity index (χ0) is 49.5. The number of carbonyl (C=O) groups excluding carboxylic acids is 2. The van der Waals surface area contributed by atoms with Gasteiger partial charge in [-0.15, -0.1) is 0 Å². The zero-order valence-corrected chi connectivity index (χ0v) is 47.2. The van der Waals surface area contributed by atoms with Crippen LogP contribution in [0.15, 0.2) is 0 Å². The first-order chi connectivity index (χ1) is 33.5. The Bertz CT molecular complexity index is 887. The maximum Gasteiger partial charge on any atom is 0.222 e. The van der Waals surface area contributed by atoms with E-state index in [4.69, 9.17) is 9.47 Å². The molecule has 0 unspecified atom stereocenters. The summed E-state index contributed by atoms with van der Waals surface area (Å²) in [7, 11) is 1.74. The van der Waals surface area contributed by atoms with E-state index in [-0.39, 0.29) is 0 Å². The molecule has 0 atom stereocenters. The molecule has 0 saturated carbocycles. The number of amides is 2. The molecule has 0 aliphatic rings. The normalized spacial score (nSPS) is 11.6. The van der Waals surface area contributed by atoms with Gasteiger partial charge in [0.1, 0.15) is 0 Å². The van der Waals surface area contributed by atoms with Crippen LogP contribution in [0.3, 0.4) is 0 Å². The summed E-state index contributed by atoms with van der Waals surface area (Å²) in [6.45, 7) is 18.3. The van der Waals surface area contributed by atoms with Crippen LogP contribution in [0.25, 0.3) is 0 Å². The summed E-state index contributed by atoms with van der Waals surface area (Å²) in [5.74, 6) is 0.819. The third-order valence-corrected chi connectivity index (χ3v) is 14.5. The minimum Gasteiger partial charge on any atom is -0.382 e. The van der Waals surface area contributed by atoms with E-state index in [2.05, 4.69) is 42.4 Å². The van der Waals surface area contributed by atoms with Crippen molar-refractivity contribution in [2.45, 2.75) is 310 Å². The summed E-state index contributed by atoms with van der Waals surface area (Å²) in [6.07, 6.45) is 55.4. The smallest absolute Gasteiger partial charge is 0.222 e. The van der Waals surface area contributed by atoms with Crippen LogP contribution in [0.1, 0.15) is 310 Å². The van der Waals surface area contributed by atoms with Gasteiger partial charge < -0.3 is 24.2 Å². The highest BCUT2D eigenvalue weighted by atomic mass is 16.5. The molecule has 0 spiro atoms. The number of rotatable bonds is 58. The lowest BCUT2D eigenvalue weighted by Gasteiger charge is -2.23. The van der Waals surface area contributed by atoms with Crippen molar-refractivity contribution in [1.29, 1.82) is 0 Å². The summed E-state index contributed by atoms with van der Waals surface area (Å²) >= 11 is 0. The second-order valence-electron chi connectivity index (χ2n) is 21.1. The van der Waals surface area contributed by atoms with Crippen molar-refractivity contribution in [3.05, 3.63) is 0 Å². The summed E-state index contributed by atoms with van der Waals surface area (Å²) in [5.41, 5.74) is 0. The van der Waals surface area contributed by atoms with Gasteiger partial charge >= 0.3 is 0 Å². The second kappa shape index (κ2) is 56.7. The Morgan fingerprint density at radius 3 is 0.809 bits per heavy atom. The van der Waals surface area contributed by atoms with Crippen molar-refractivity contribution in [3.8, 4) is 0 Å². The summed E-state index contributed by atoms with van der Waals surface area (Å²) in [6, 6.07) is 0. The number of hydrogen-bond acceptors (Lipinski definition) is 5. The van der Waals surface area contributed by atoms with Gasteiger partial charge in [-0.1, -0.05) is 246 Å². The molecule has 0 rings (SSSR count). The second-order valence-corrected chi connectivity index (χ2v) is 21.1. The molecule has 68 heavy (non-hydrogen) atoms. The Balaban J connectivity index is 4.67. The average molecular weight is 963 g/mol. The number of carbonyl (C=O) groups is 2. The first-order valence-electron chi connectivity index (χ1n) is 30.9. The molecule has 0 aliphatic heterocycles. The van der Waals surface area contributed by atoms with Crippen LogP contribution in [0.4, 0.5) is 0 Å². The Hall–Kier alpha value is -1.18. The molecule has 0 bridgehead atoms. The quantitative estimate of drug-likeness (QED) is 0.0569. The van der Waals surface area contributed by atoms with Gasteiger partial charge in [-0.3, -0.25) is 9.59 Å². The average Bonchev–Trinajstić information content (AvgIpc) is 3.34. The van der Waals surface area contributed by atoms with Crippen molar-refractivity contribution < 1.29 is 19.1 Å². The molecule has 406 valence electrons. The minimum atomic E-state index is 0.410. The highest BCUT2D eigenvalue weighted by Gasteiger charge is 2.15. The Labute approximate surface area is 426 Å². The van der Waals surface area contributed by atoms with Gasteiger partial charge in [0, 0.05) is 52.7 Å². The predicted octanol–water partition coefficient (Wildman–Crippen LogP) is 17.9. The lowest BCUT2D eigenvalue weighted by atomic mass is 10.1. The Morgan fingerprint density at radius 1 is 0.279 bits per heavy atom. The monoisotopic (exact) mass is 962 g/mol. The fourth-order valence-corrected chi connectivity index (χ4v) is 9.84. The van der Waals surface area contributed by atoms with Crippen LogP contribution in [-0.2, 0) is 19.1 Å². The van der Waals surface area contributed by atoms with E-state index in [1.807, 2.05) is 0 Å². The third kappa shape index (κ3) is 48.4. The molecule has 7 heteroatoms. The fourth-order valence-electron chi connectivity index (χ4n) is 9.84. The minimum absolute atomic E-state index is 0.410. The topological polar surface area (TPSA) is 62.3 Å². The standard InChI is InChI=1S/C61H123N3O4/c1-6-10-14-18-22-26-36-44-52-63(53-45-37-27-23-19-15-11-7-2)60(65)48-40-32-30-34-42-50-62(56-57-68-59-58-67-5)51-43-35-31-33-41-49-61(66)64(54-46-38-28-24-20-16-12-8-3)55-47-39-29-25-21-17-13-9-4/h6-59H2,1-5H3. The van der Waals surface area contributed by atoms with Gasteiger partial charge in [-0.2, -0.15) is 0 Å². The number of nitrogens with zero attached hydrogens (tertiary/aromatic N) is 3. The van der Waals surface area contributed by atoms with Crippen molar-refractivity contribution in [2.24, 2.45) is 0 Å². The molecule has 0 aromatic heterocycles. The molecule has 0 radical (unpaired) electrons. The first-order valence-corrected chi connectivity index (χ1v) is 30.9. The molecule has 0 fully saturated rings. The molecule has 0 saturated heterocycles. The first kappa shape index (κ1) is 66.8. The lowest BCUT2D eigenvalue weighted by Crippen LogP contribution is -2.32. The fraction of sp³-hybridized carbons (Fsp3) is 0.967. The highest BCUT2D eigenvalue weighted by molar-refractivity contribution is 5.76. The third-order valence-electron chi connectivity index (χ3n) is 14.5. The maximum absolute atomic E-state index is 13.5. The lowest BCUT2D eigenvalue weighted by molar-refractivity contribution is -0.132. The van der Waals surface area contributed by atoms with E-state index in [1.165, 1.54) is 244 Å². The zero-order valence-electron chi connectivity index (χ0n) is 47.2. The molecule has 7 nitrogen and oxygen atoms in total. The van der Waals surface area contributed by atoms with E-state index in [0.29, 0.717) is 25.0 Å². The van der Waals surface area contributed by atoms with E-state index >= 15 is 0 Å². The van der Waals surface area contributed by atoms with Crippen molar-refractivity contribution in [2.75, 3.05) is 72.7 Å². The number of ether oxygens (including phenoxy) is 2. The molecule has 0 aromatic carbocycles. The van der Waals surface area contributed by atoms with E-state index in [9.17, 15) is 9.59 Å². The van der Waals surface area contributed by atoms with Gasteiger partial charge in [0.05, 0.1) is 19.8 Å². The van der Waals surface area contributed by atoms with Gasteiger partial charge in [0.15, 0.2) is 0 Å². The van der Waals surface area contributed by atoms with Gasteiger partial charge in [-0.05, 0) is 64.5 Å². The SMILES string of the molecule is CCCCCCCCCCN(CCCCCCCCCC)C(=O)CCCCCCCN(CCCCCCCC(=O)N(CCCCCCCCCC)CCCCCCCCCC)CCOCCOC. The van der Waals surface area contributed by atoms with Gasteiger partial charge in [0.25, 0.3) is 0 Å². The molecule has 0 N–H and O–H groups in total. The Kier molecular flexibility index (Phi) is 55.7. The molecule has 2 amide bonds. The maximum atomic E-state index is 13.5. The molecular weight excluding hydrogens is 839 g/mol. The van der Waals surface area contributed by atoms with Gasteiger partial charge in [0.2, 0.25) is 11.8 Å². The van der Waals surface area contributed by atoms with Crippen LogP contribution in [0.2, 0.25) is 0 Å². The Morgan fingerprint density at radius 2 is 0.529 bits per heavy atom. The summed E-state index contributed by atoms with van der Waals surface area (Å²) in [4.78, 5) is 34.0. The number of unbranched alkanes of at least 4 members (excludes halogenated alkanes) is 36.